The largest absolute Gasteiger partial charge is 2.00 e. The average Bonchev–Trinajstić information content (AvgIpc) is 3.01. The zero-order valence-electron chi connectivity index (χ0n) is 32.8. The van der Waals surface area contributed by atoms with Crippen LogP contribution in [0.1, 0.15) is 103 Å². The predicted molar refractivity (Wildman–Crippen MR) is 210 cm³/mol. The SMILES string of the molecule is CC(=O)[O-].CC(=O)[O-].CC(C)Cc1cc(C=Nc2cccc3cccc(N=Cc4cc(CC(C)C)cc(CC(C)C)c4O)c23)c(O)c(CC(C)C)c1.[Co+2]. The molecule has 0 unspecified atom stereocenters. The molecule has 1 radical (unpaired) electrons. The van der Waals surface area contributed by atoms with Gasteiger partial charge in [-0.15, -0.1) is 0 Å². The molecule has 4 aromatic carbocycles. The molecule has 0 saturated heterocycles. The summed E-state index contributed by atoms with van der Waals surface area (Å²) in [5, 5.41) is 42.1. The normalized spacial score (nSPS) is 11.2. The van der Waals surface area contributed by atoms with Crippen LogP contribution in [-0.4, -0.2) is 34.6 Å². The van der Waals surface area contributed by atoms with Gasteiger partial charge < -0.3 is 30.0 Å². The van der Waals surface area contributed by atoms with Crippen LogP contribution in [0.25, 0.3) is 10.8 Å². The smallest absolute Gasteiger partial charge is 0.550 e. The van der Waals surface area contributed by atoms with Crippen LogP contribution in [-0.2, 0) is 52.1 Å². The van der Waals surface area contributed by atoms with Gasteiger partial charge in [-0.25, -0.2) is 0 Å². The average molecular weight is 768 g/mol. The Kier molecular flexibility index (Phi) is 19.8. The third kappa shape index (κ3) is 16.4. The summed E-state index contributed by atoms with van der Waals surface area (Å²) in [4.78, 5) is 27.6. The first-order chi connectivity index (χ1) is 24.4. The van der Waals surface area contributed by atoms with E-state index in [1.54, 1.807) is 12.4 Å². The van der Waals surface area contributed by atoms with Gasteiger partial charge in [-0.3, -0.25) is 9.98 Å². The molecule has 0 bridgehead atoms. The van der Waals surface area contributed by atoms with Gasteiger partial charge in [0.25, 0.3) is 0 Å². The second-order valence-corrected chi connectivity index (χ2v) is 14.9. The van der Waals surface area contributed by atoms with Gasteiger partial charge in [0.2, 0.25) is 0 Å². The minimum absolute atomic E-state index is 0. The molecule has 8 nitrogen and oxygen atoms in total. The van der Waals surface area contributed by atoms with E-state index in [0.29, 0.717) is 35.2 Å². The molecule has 53 heavy (non-hydrogen) atoms. The molecule has 0 spiro atoms. The fourth-order valence-electron chi connectivity index (χ4n) is 5.94. The Labute approximate surface area is 326 Å². The summed E-state index contributed by atoms with van der Waals surface area (Å²) in [6.07, 6.45) is 7.11. The molecule has 2 N–H and O–H groups in total. The van der Waals surface area contributed by atoms with Crippen molar-refractivity contribution in [2.24, 2.45) is 33.7 Å². The molecule has 0 fully saturated rings. The van der Waals surface area contributed by atoms with Crippen molar-refractivity contribution in [3.63, 3.8) is 0 Å². The number of carboxylic acids is 2. The number of phenolic OH excluding ortho intramolecular Hbond substituents is 2. The Morgan fingerprint density at radius 2 is 0.925 bits per heavy atom. The Bertz CT molecular complexity index is 1720. The summed E-state index contributed by atoms with van der Waals surface area (Å²) in [6, 6.07) is 20.5. The fraction of sp³-hybridized carbons (Fsp3) is 0.409. The van der Waals surface area contributed by atoms with Crippen LogP contribution in [0.3, 0.4) is 0 Å². The van der Waals surface area contributed by atoms with Gasteiger partial charge in [0.1, 0.15) is 11.5 Å². The number of carbonyl (C=O) groups is 2. The number of carbonyl (C=O) groups excluding carboxylic acids is 2. The van der Waals surface area contributed by atoms with Gasteiger partial charge >= 0.3 is 16.8 Å². The molecule has 287 valence electrons. The second-order valence-electron chi connectivity index (χ2n) is 14.9. The maximum Gasteiger partial charge on any atom is 2.00 e. The molecule has 0 aliphatic rings. The molecular formula is C44H56CoN2O6. The first-order valence-corrected chi connectivity index (χ1v) is 18.0. The number of fused-ring (bicyclic) bond motifs is 1. The van der Waals surface area contributed by atoms with E-state index in [1.807, 2.05) is 24.3 Å². The van der Waals surface area contributed by atoms with Crippen molar-refractivity contribution in [1.82, 2.24) is 0 Å². The molecule has 9 heteroatoms. The topological polar surface area (TPSA) is 145 Å². The minimum Gasteiger partial charge on any atom is -0.550 e. The van der Waals surface area contributed by atoms with Crippen molar-refractivity contribution in [2.45, 2.75) is 94.9 Å². The van der Waals surface area contributed by atoms with E-state index in [9.17, 15) is 10.2 Å². The van der Waals surface area contributed by atoms with E-state index < -0.39 is 11.9 Å². The Hall–Kier alpha value is -4.47. The summed E-state index contributed by atoms with van der Waals surface area (Å²) in [5.74, 6) is 0.351. The summed E-state index contributed by atoms with van der Waals surface area (Å²) in [7, 11) is 0. The molecule has 0 aromatic heterocycles. The summed E-state index contributed by atoms with van der Waals surface area (Å²) < 4.78 is 0. The van der Waals surface area contributed by atoms with Crippen molar-refractivity contribution < 1.29 is 46.8 Å². The van der Waals surface area contributed by atoms with Crippen LogP contribution in [0.2, 0.25) is 0 Å². The first kappa shape index (κ1) is 46.5. The Morgan fingerprint density at radius 1 is 0.604 bits per heavy atom. The van der Waals surface area contributed by atoms with Crippen molar-refractivity contribution >= 4 is 46.5 Å². The molecule has 0 heterocycles. The summed E-state index contributed by atoms with van der Waals surface area (Å²) >= 11 is 0. The maximum atomic E-state index is 11.2. The van der Waals surface area contributed by atoms with Crippen molar-refractivity contribution in [1.29, 1.82) is 0 Å². The molecule has 0 atom stereocenters. The second kappa shape index (κ2) is 22.6. The molecule has 0 saturated carbocycles. The van der Waals surface area contributed by atoms with E-state index in [2.05, 4.69) is 91.8 Å². The van der Waals surface area contributed by atoms with Crippen LogP contribution in [0, 0.1) is 23.7 Å². The molecule has 0 aliphatic carbocycles. The number of benzene rings is 4. The number of aromatic hydroxyl groups is 2. The summed E-state index contributed by atoms with van der Waals surface area (Å²) in [6.45, 7) is 19.5. The van der Waals surface area contributed by atoms with E-state index in [-0.39, 0.29) is 16.8 Å². The van der Waals surface area contributed by atoms with Crippen LogP contribution < -0.4 is 10.2 Å². The molecule has 4 aromatic rings. The van der Waals surface area contributed by atoms with Gasteiger partial charge in [-0.2, -0.15) is 0 Å². The van der Waals surface area contributed by atoms with Gasteiger partial charge in [0, 0.05) is 40.9 Å². The van der Waals surface area contributed by atoms with Crippen LogP contribution in [0.15, 0.2) is 70.6 Å². The predicted octanol–water partition coefficient (Wildman–Crippen LogP) is 8.06. The third-order valence-electron chi connectivity index (χ3n) is 7.65. The molecule has 0 amide bonds. The number of phenols is 2. The quantitative estimate of drug-likeness (QED) is 0.140. The van der Waals surface area contributed by atoms with Gasteiger partial charge in [0.15, 0.2) is 0 Å². The van der Waals surface area contributed by atoms with E-state index in [1.165, 1.54) is 11.1 Å². The van der Waals surface area contributed by atoms with Gasteiger partial charge in [-0.05, 0) is 115 Å². The van der Waals surface area contributed by atoms with E-state index >= 15 is 0 Å². The standard InChI is InChI=1S/C40H50N2O2.2C2H4O2.Co/c1-25(2)15-29-19-32(17-27(5)6)39(43)34(21-29)23-41-36-13-9-11-31-12-10-14-37(38(31)36)42-24-35-22-30(16-26(3)4)20-33(40(35)44)18-28(7)8;2*1-2(3)4;/h9-14,19-28,43-44H,15-18H2,1-8H3;2*1H3,(H,3,4);/q;;;+2/p-2. The van der Waals surface area contributed by atoms with Crippen molar-refractivity contribution in [3.05, 3.63) is 94.0 Å². The molecule has 4 rings (SSSR count). The Balaban J connectivity index is 0.00000142. The Morgan fingerprint density at radius 3 is 1.23 bits per heavy atom. The summed E-state index contributed by atoms with van der Waals surface area (Å²) in [5.41, 5.74) is 7.42. The van der Waals surface area contributed by atoms with Crippen LogP contribution in [0.4, 0.5) is 11.4 Å². The van der Waals surface area contributed by atoms with E-state index in [4.69, 9.17) is 29.8 Å². The number of rotatable bonds is 12. The molecular weight excluding hydrogens is 711 g/mol. The van der Waals surface area contributed by atoms with Crippen molar-refractivity contribution in [2.75, 3.05) is 0 Å². The first-order valence-electron chi connectivity index (χ1n) is 18.0. The third-order valence-corrected chi connectivity index (χ3v) is 7.65. The molecule has 0 aliphatic heterocycles. The number of carboxylic acid groups (broad SMARTS) is 2. The van der Waals surface area contributed by atoms with Gasteiger partial charge in [0.05, 0.1) is 11.4 Å². The maximum absolute atomic E-state index is 11.2. The number of nitrogens with zero attached hydrogens (tertiary/aromatic N) is 2. The minimum atomic E-state index is -1.08. The number of aliphatic carboxylic acids is 2. The van der Waals surface area contributed by atoms with Gasteiger partial charge in [-0.1, -0.05) is 91.8 Å². The van der Waals surface area contributed by atoms with E-state index in [0.717, 1.165) is 83.9 Å². The number of hydrogen-bond acceptors (Lipinski definition) is 8. The van der Waals surface area contributed by atoms with Crippen LogP contribution >= 0.6 is 0 Å². The monoisotopic (exact) mass is 767 g/mol. The number of hydrogen-bond donors (Lipinski definition) is 2. The zero-order valence-corrected chi connectivity index (χ0v) is 33.9. The number of aliphatic imine (C=N–C) groups is 2. The van der Waals surface area contributed by atoms with Crippen molar-refractivity contribution in [3.8, 4) is 11.5 Å². The van der Waals surface area contributed by atoms with Crippen LogP contribution in [0.5, 0.6) is 11.5 Å². The fourth-order valence-corrected chi connectivity index (χ4v) is 5.94. The zero-order chi connectivity index (χ0) is 39.1.